The second kappa shape index (κ2) is 5.91. The Bertz CT molecular complexity index is 339. The number of hydrogen-bond acceptors (Lipinski definition) is 2. The third-order valence-corrected chi connectivity index (χ3v) is 2.17. The van der Waals surface area contributed by atoms with Gasteiger partial charge >= 0.3 is 0 Å². The second-order valence-corrected chi connectivity index (χ2v) is 3.48. The Morgan fingerprint density at radius 2 is 2.07 bits per heavy atom. The number of nitrogens with two attached hydrogens (primary N) is 1. The van der Waals surface area contributed by atoms with Crippen LogP contribution in [0.3, 0.4) is 0 Å². The molecule has 2 nitrogen and oxygen atoms in total. The summed E-state index contributed by atoms with van der Waals surface area (Å²) < 4.78 is 0. The molecule has 0 radical (unpaired) electrons. The molecular formula is C13H18N2. The number of nitrogens with one attached hydrogen (secondary N) is 1. The standard InChI is InChI=1S/C13H18N2/c1-3-13(14)10-15-11(2)9-12-7-5-4-6-8-12/h3-8,15H,2,9-10,14H2,1H3/b13-3-. The third-order valence-electron chi connectivity index (χ3n) is 2.17. The molecule has 0 fully saturated rings. The fourth-order valence-electron chi connectivity index (χ4n) is 1.23. The van der Waals surface area contributed by atoms with Gasteiger partial charge in [0.05, 0.1) is 6.54 Å². The van der Waals surface area contributed by atoms with Crippen LogP contribution in [-0.2, 0) is 6.42 Å². The Kier molecular flexibility index (Phi) is 4.48. The largest absolute Gasteiger partial charge is 0.401 e. The zero-order valence-corrected chi connectivity index (χ0v) is 9.16. The van der Waals surface area contributed by atoms with Gasteiger partial charge in [0.1, 0.15) is 0 Å². The maximum Gasteiger partial charge on any atom is 0.0539 e. The summed E-state index contributed by atoms with van der Waals surface area (Å²) in [4.78, 5) is 0. The first kappa shape index (κ1) is 11.4. The second-order valence-electron chi connectivity index (χ2n) is 3.48. The zero-order chi connectivity index (χ0) is 11.1. The average Bonchev–Trinajstić information content (AvgIpc) is 2.27. The summed E-state index contributed by atoms with van der Waals surface area (Å²) in [6.45, 7) is 6.56. The minimum Gasteiger partial charge on any atom is -0.401 e. The summed E-state index contributed by atoms with van der Waals surface area (Å²) in [5.74, 6) is 0. The van der Waals surface area contributed by atoms with Gasteiger partial charge in [-0.3, -0.25) is 0 Å². The number of hydrogen-bond donors (Lipinski definition) is 2. The van der Waals surface area contributed by atoms with E-state index in [1.54, 1.807) is 0 Å². The highest BCUT2D eigenvalue weighted by molar-refractivity contribution is 5.20. The number of rotatable bonds is 5. The predicted molar refractivity (Wildman–Crippen MR) is 65.2 cm³/mol. The number of benzene rings is 1. The minimum absolute atomic E-state index is 0.669. The molecule has 80 valence electrons. The van der Waals surface area contributed by atoms with E-state index in [-0.39, 0.29) is 0 Å². The summed E-state index contributed by atoms with van der Waals surface area (Å²) in [7, 11) is 0. The van der Waals surface area contributed by atoms with Crippen LogP contribution in [0, 0.1) is 0 Å². The van der Waals surface area contributed by atoms with E-state index in [9.17, 15) is 0 Å². The van der Waals surface area contributed by atoms with Gasteiger partial charge in [-0.2, -0.15) is 0 Å². The summed E-state index contributed by atoms with van der Waals surface area (Å²) in [5.41, 5.74) is 8.76. The molecule has 3 N–H and O–H groups in total. The Morgan fingerprint density at radius 1 is 1.40 bits per heavy atom. The van der Waals surface area contributed by atoms with Gasteiger partial charge in [0.15, 0.2) is 0 Å². The van der Waals surface area contributed by atoms with Crippen molar-refractivity contribution in [3.63, 3.8) is 0 Å². The first-order valence-corrected chi connectivity index (χ1v) is 5.08. The fourth-order valence-corrected chi connectivity index (χ4v) is 1.23. The average molecular weight is 202 g/mol. The van der Waals surface area contributed by atoms with E-state index in [2.05, 4.69) is 24.0 Å². The molecule has 0 aliphatic heterocycles. The van der Waals surface area contributed by atoms with Crippen LogP contribution < -0.4 is 11.1 Å². The molecule has 0 heterocycles. The molecule has 0 bridgehead atoms. The molecule has 1 aromatic rings. The van der Waals surface area contributed by atoms with Gasteiger partial charge in [-0.25, -0.2) is 0 Å². The molecule has 0 aliphatic rings. The van der Waals surface area contributed by atoms with Crippen molar-refractivity contribution in [2.75, 3.05) is 6.54 Å². The van der Waals surface area contributed by atoms with Gasteiger partial charge in [0, 0.05) is 17.8 Å². The summed E-state index contributed by atoms with van der Waals surface area (Å²) in [5, 5.41) is 3.19. The molecule has 0 amide bonds. The molecule has 0 atom stereocenters. The lowest BCUT2D eigenvalue weighted by Crippen LogP contribution is -2.20. The molecule has 0 saturated carbocycles. The summed E-state index contributed by atoms with van der Waals surface area (Å²) in [6.07, 6.45) is 2.74. The van der Waals surface area contributed by atoms with Crippen LogP contribution in [0.15, 0.2) is 54.4 Å². The molecule has 0 aromatic heterocycles. The van der Waals surface area contributed by atoms with Gasteiger partial charge in [-0.05, 0) is 12.5 Å². The van der Waals surface area contributed by atoms with Crippen molar-refractivity contribution in [1.82, 2.24) is 5.32 Å². The van der Waals surface area contributed by atoms with E-state index in [4.69, 9.17) is 5.73 Å². The van der Waals surface area contributed by atoms with Gasteiger partial charge in [0.25, 0.3) is 0 Å². The van der Waals surface area contributed by atoms with Gasteiger partial charge in [-0.1, -0.05) is 43.0 Å². The summed E-state index contributed by atoms with van der Waals surface area (Å²) in [6, 6.07) is 10.3. The van der Waals surface area contributed by atoms with Crippen LogP contribution in [-0.4, -0.2) is 6.54 Å². The van der Waals surface area contributed by atoms with Crippen LogP contribution in [0.5, 0.6) is 0 Å². The SMILES string of the molecule is C=C(Cc1ccccc1)NC/C(N)=C/C. The van der Waals surface area contributed by atoms with Crippen molar-refractivity contribution in [2.45, 2.75) is 13.3 Å². The molecule has 0 aliphatic carbocycles. The molecule has 0 saturated heterocycles. The molecule has 2 heteroatoms. The third kappa shape index (κ3) is 4.36. The first-order chi connectivity index (χ1) is 7.22. The van der Waals surface area contributed by atoms with E-state index >= 15 is 0 Å². The predicted octanol–water partition coefficient (Wildman–Crippen LogP) is 2.19. The molecular weight excluding hydrogens is 184 g/mol. The van der Waals surface area contributed by atoms with Crippen molar-refractivity contribution in [3.8, 4) is 0 Å². The molecule has 1 aromatic carbocycles. The minimum atomic E-state index is 0.669. The topological polar surface area (TPSA) is 38.0 Å². The van der Waals surface area contributed by atoms with E-state index in [0.717, 1.165) is 17.8 Å². The monoisotopic (exact) mass is 202 g/mol. The molecule has 0 unspecified atom stereocenters. The highest BCUT2D eigenvalue weighted by atomic mass is 14.9. The molecule has 1 rings (SSSR count). The zero-order valence-electron chi connectivity index (χ0n) is 9.16. The Hall–Kier alpha value is -1.70. The summed E-state index contributed by atoms with van der Waals surface area (Å²) >= 11 is 0. The maximum absolute atomic E-state index is 5.67. The van der Waals surface area contributed by atoms with Crippen LogP contribution in [0.2, 0.25) is 0 Å². The Labute approximate surface area is 91.5 Å². The quantitative estimate of drug-likeness (QED) is 0.768. The van der Waals surface area contributed by atoms with E-state index in [0.29, 0.717) is 6.54 Å². The van der Waals surface area contributed by atoms with Gasteiger partial charge < -0.3 is 11.1 Å². The van der Waals surface area contributed by atoms with Gasteiger partial charge in [0.2, 0.25) is 0 Å². The molecule has 15 heavy (non-hydrogen) atoms. The van der Waals surface area contributed by atoms with Crippen LogP contribution >= 0.6 is 0 Å². The Morgan fingerprint density at radius 3 is 2.67 bits per heavy atom. The lowest BCUT2D eigenvalue weighted by molar-refractivity contribution is 0.829. The van der Waals surface area contributed by atoms with E-state index < -0.39 is 0 Å². The van der Waals surface area contributed by atoms with E-state index in [1.165, 1.54) is 5.56 Å². The van der Waals surface area contributed by atoms with Gasteiger partial charge in [-0.15, -0.1) is 0 Å². The fraction of sp³-hybridized carbons (Fsp3) is 0.231. The lowest BCUT2D eigenvalue weighted by Gasteiger charge is -2.09. The highest BCUT2D eigenvalue weighted by Crippen LogP contribution is 2.03. The van der Waals surface area contributed by atoms with Crippen molar-refractivity contribution >= 4 is 0 Å². The van der Waals surface area contributed by atoms with Crippen molar-refractivity contribution in [3.05, 3.63) is 59.9 Å². The van der Waals surface area contributed by atoms with Crippen LogP contribution in [0.4, 0.5) is 0 Å². The molecule has 0 spiro atoms. The number of allylic oxidation sites excluding steroid dienone is 2. The van der Waals surface area contributed by atoms with E-state index in [1.807, 2.05) is 31.2 Å². The van der Waals surface area contributed by atoms with Crippen LogP contribution in [0.25, 0.3) is 0 Å². The Balaban J connectivity index is 2.37. The normalized spacial score (nSPS) is 11.1. The smallest absolute Gasteiger partial charge is 0.0539 e. The highest BCUT2D eigenvalue weighted by Gasteiger charge is 1.96. The lowest BCUT2D eigenvalue weighted by atomic mass is 10.1. The maximum atomic E-state index is 5.67. The first-order valence-electron chi connectivity index (χ1n) is 5.08. The van der Waals surface area contributed by atoms with Crippen molar-refractivity contribution in [2.24, 2.45) is 5.73 Å². The van der Waals surface area contributed by atoms with Crippen molar-refractivity contribution < 1.29 is 0 Å². The van der Waals surface area contributed by atoms with Crippen LogP contribution in [0.1, 0.15) is 12.5 Å². The van der Waals surface area contributed by atoms with Crippen molar-refractivity contribution in [1.29, 1.82) is 0 Å².